The molecular weight excluding hydrogens is 250 g/mol. The van der Waals surface area contributed by atoms with Gasteiger partial charge >= 0.3 is 11.9 Å². The Morgan fingerprint density at radius 3 is 2.42 bits per heavy atom. The molecule has 6 heteroatoms. The Balaban J connectivity index is 2.62. The van der Waals surface area contributed by atoms with Crippen LogP contribution >= 0.6 is 0 Å². The van der Waals surface area contributed by atoms with Crippen molar-refractivity contribution in [1.82, 2.24) is 5.32 Å². The van der Waals surface area contributed by atoms with Crippen molar-refractivity contribution in [1.29, 1.82) is 0 Å². The average molecular weight is 271 g/mol. The van der Waals surface area contributed by atoms with Gasteiger partial charge in [-0.1, -0.05) is 6.92 Å². The van der Waals surface area contributed by atoms with Gasteiger partial charge in [-0.3, -0.25) is 9.59 Å². The monoisotopic (exact) mass is 271 g/mol. The maximum Gasteiger partial charge on any atom is 0.328 e. The van der Waals surface area contributed by atoms with Crippen LogP contribution in [0.25, 0.3) is 0 Å². The molecule has 1 aliphatic rings. The van der Waals surface area contributed by atoms with Crippen LogP contribution in [0.4, 0.5) is 0 Å². The van der Waals surface area contributed by atoms with Gasteiger partial charge < -0.3 is 15.2 Å². The Morgan fingerprint density at radius 2 is 1.89 bits per heavy atom. The molecule has 0 aliphatic heterocycles. The number of nitrogens with one attached hydrogen (secondary N) is 1. The van der Waals surface area contributed by atoms with Crippen LogP contribution in [0.15, 0.2) is 0 Å². The van der Waals surface area contributed by atoms with Crippen LogP contribution in [0.1, 0.15) is 33.6 Å². The molecule has 1 rings (SSSR count). The average Bonchev–Trinajstić information content (AvgIpc) is 2.71. The van der Waals surface area contributed by atoms with Crippen molar-refractivity contribution in [2.45, 2.75) is 39.7 Å². The Morgan fingerprint density at radius 1 is 1.32 bits per heavy atom. The van der Waals surface area contributed by atoms with Crippen molar-refractivity contribution >= 4 is 17.8 Å². The molecule has 0 spiro atoms. The molecule has 1 amide bonds. The van der Waals surface area contributed by atoms with Gasteiger partial charge in [-0.2, -0.15) is 0 Å². The van der Waals surface area contributed by atoms with E-state index in [1.807, 2.05) is 6.92 Å². The third kappa shape index (κ3) is 3.94. The summed E-state index contributed by atoms with van der Waals surface area (Å²) >= 11 is 0. The smallest absolute Gasteiger partial charge is 0.328 e. The molecule has 0 radical (unpaired) electrons. The van der Waals surface area contributed by atoms with Crippen LogP contribution in [0, 0.1) is 17.8 Å². The maximum absolute atomic E-state index is 12.0. The first kappa shape index (κ1) is 15.5. The van der Waals surface area contributed by atoms with Gasteiger partial charge in [-0.25, -0.2) is 4.79 Å². The summed E-state index contributed by atoms with van der Waals surface area (Å²) in [6, 6.07) is -0.752. The summed E-state index contributed by atoms with van der Waals surface area (Å²) < 4.78 is 4.79. The van der Waals surface area contributed by atoms with Crippen molar-refractivity contribution in [3.63, 3.8) is 0 Å². The summed E-state index contributed by atoms with van der Waals surface area (Å²) in [7, 11) is 0. The third-order valence-electron chi connectivity index (χ3n) is 3.45. The summed E-state index contributed by atoms with van der Waals surface area (Å²) in [5, 5.41) is 11.6. The fourth-order valence-corrected chi connectivity index (χ4v) is 2.50. The summed E-state index contributed by atoms with van der Waals surface area (Å²) in [4.78, 5) is 34.6. The zero-order valence-electron chi connectivity index (χ0n) is 11.5. The molecule has 4 atom stereocenters. The Labute approximate surface area is 112 Å². The van der Waals surface area contributed by atoms with Crippen LogP contribution in [0.3, 0.4) is 0 Å². The SMILES string of the molecule is CCOC(=O)C(C)NC(=O)C1CC(C)CC1C(=O)O. The zero-order valence-corrected chi connectivity index (χ0v) is 11.5. The predicted octanol–water partition coefficient (Wildman–Crippen LogP) is 0.801. The molecule has 1 aliphatic carbocycles. The number of carboxylic acid groups (broad SMARTS) is 1. The van der Waals surface area contributed by atoms with Crippen molar-refractivity contribution in [2.75, 3.05) is 6.61 Å². The molecule has 0 aromatic rings. The molecule has 0 aromatic carbocycles. The van der Waals surface area contributed by atoms with Crippen LogP contribution in [0.2, 0.25) is 0 Å². The van der Waals surface area contributed by atoms with E-state index in [1.54, 1.807) is 6.92 Å². The highest BCUT2D eigenvalue weighted by Gasteiger charge is 2.41. The number of hydrogen-bond acceptors (Lipinski definition) is 4. The number of esters is 1. The van der Waals surface area contributed by atoms with Crippen molar-refractivity contribution < 1.29 is 24.2 Å². The van der Waals surface area contributed by atoms with E-state index in [2.05, 4.69) is 5.32 Å². The predicted molar refractivity (Wildman–Crippen MR) is 67.3 cm³/mol. The zero-order chi connectivity index (χ0) is 14.6. The molecule has 6 nitrogen and oxygen atoms in total. The number of amides is 1. The summed E-state index contributed by atoms with van der Waals surface area (Å²) in [6.45, 7) is 5.39. The minimum atomic E-state index is -0.951. The van der Waals surface area contributed by atoms with E-state index in [1.165, 1.54) is 6.92 Å². The summed E-state index contributed by atoms with van der Waals surface area (Å²) in [5.41, 5.74) is 0. The van der Waals surface area contributed by atoms with E-state index in [9.17, 15) is 14.4 Å². The molecule has 0 bridgehead atoms. The number of rotatable bonds is 5. The number of carboxylic acids is 1. The van der Waals surface area contributed by atoms with E-state index in [0.29, 0.717) is 12.8 Å². The highest BCUT2D eigenvalue weighted by Crippen LogP contribution is 2.36. The van der Waals surface area contributed by atoms with Gasteiger partial charge in [0.25, 0.3) is 0 Å². The first-order chi connectivity index (χ1) is 8.86. The second-order valence-electron chi connectivity index (χ2n) is 5.11. The summed E-state index contributed by atoms with van der Waals surface area (Å²) in [5.74, 6) is -2.86. The van der Waals surface area contributed by atoms with Crippen molar-refractivity contribution in [3.05, 3.63) is 0 Å². The fourth-order valence-electron chi connectivity index (χ4n) is 2.50. The largest absolute Gasteiger partial charge is 0.481 e. The lowest BCUT2D eigenvalue weighted by Crippen LogP contribution is -2.44. The number of aliphatic carboxylic acids is 1. The Kier molecular flexibility index (Phi) is 5.32. The van der Waals surface area contributed by atoms with Gasteiger partial charge in [-0.05, 0) is 32.6 Å². The topological polar surface area (TPSA) is 92.7 Å². The first-order valence-electron chi connectivity index (χ1n) is 6.56. The first-order valence-corrected chi connectivity index (χ1v) is 6.56. The summed E-state index contributed by atoms with van der Waals surface area (Å²) in [6.07, 6.45) is 1.04. The van der Waals surface area contributed by atoms with Crippen LogP contribution in [-0.2, 0) is 19.1 Å². The molecule has 19 heavy (non-hydrogen) atoms. The van der Waals surface area contributed by atoms with E-state index >= 15 is 0 Å². The minimum Gasteiger partial charge on any atom is -0.481 e. The Bertz CT molecular complexity index is 368. The van der Waals surface area contributed by atoms with Gasteiger partial charge in [-0.15, -0.1) is 0 Å². The van der Waals surface area contributed by atoms with Gasteiger partial charge in [0.15, 0.2) is 0 Å². The molecule has 1 saturated carbocycles. The minimum absolute atomic E-state index is 0.203. The van der Waals surface area contributed by atoms with Crippen molar-refractivity contribution in [2.24, 2.45) is 17.8 Å². The molecule has 0 heterocycles. The molecule has 108 valence electrons. The quantitative estimate of drug-likeness (QED) is 0.721. The van der Waals surface area contributed by atoms with Crippen LogP contribution in [0.5, 0.6) is 0 Å². The second kappa shape index (κ2) is 6.54. The van der Waals surface area contributed by atoms with Gasteiger partial charge in [0.05, 0.1) is 18.4 Å². The lowest BCUT2D eigenvalue weighted by molar-refractivity contribution is -0.149. The molecule has 4 unspecified atom stereocenters. The van der Waals surface area contributed by atoms with Crippen LogP contribution in [-0.4, -0.2) is 35.6 Å². The maximum atomic E-state index is 12.0. The Hall–Kier alpha value is -1.59. The number of ether oxygens (including phenoxy) is 1. The highest BCUT2D eigenvalue weighted by molar-refractivity contribution is 5.88. The van der Waals surface area contributed by atoms with Gasteiger partial charge in [0, 0.05) is 0 Å². The fraction of sp³-hybridized carbons (Fsp3) is 0.769. The number of carbonyl (C=O) groups is 3. The molecular formula is C13H21NO5. The second-order valence-corrected chi connectivity index (χ2v) is 5.11. The van der Waals surface area contributed by atoms with E-state index in [0.717, 1.165) is 0 Å². The van der Waals surface area contributed by atoms with Gasteiger partial charge in [0.1, 0.15) is 6.04 Å². The molecule has 0 saturated heterocycles. The number of carbonyl (C=O) groups excluding carboxylic acids is 2. The molecule has 0 aromatic heterocycles. The lowest BCUT2D eigenvalue weighted by Gasteiger charge is -2.18. The van der Waals surface area contributed by atoms with Gasteiger partial charge in [0.2, 0.25) is 5.91 Å². The third-order valence-corrected chi connectivity index (χ3v) is 3.45. The number of hydrogen-bond donors (Lipinski definition) is 2. The lowest BCUT2D eigenvalue weighted by atomic mass is 9.95. The van der Waals surface area contributed by atoms with E-state index < -0.39 is 29.8 Å². The van der Waals surface area contributed by atoms with Crippen molar-refractivity contribution in [3.8, 4) is 0 Å². The normalized spacial score (nSPS) is 27.6. The highest BCUT2D eigenvalue weighted by atomic mass is 16.5. The van der Waals surface area contributed by atoms with E-state index in [4.69, 9.17) is 9.84 Å². The van der Waals surface area contributed by atoms with E-state index in [-0.39, 0.29) is 18.4 Å². The molecule has 2 N–H and O–H groups in total. The van der Waals surface area contributed by atoms with Crippen LogP contribution < -0.4 is 5.32 Å². The standard InChI is InChI=1S/C13H21NO5/c1-4-19-13(18)8(3)14-11(15)9-5-7(2)6-10(9)12(16)17/h7-10H,4-6H2,1-3H3,(H,14,15)(H,16,17). The molecule has 1 fully saturated rings.